The van der Waals surface area contributed by atoms with Gasteiger partial charge in [-0.3, -0.25) is 0 Å². The van der Waals surface area contributed by atoms with Crippen molar-refractivity contribution < 1.29 is 13.5 Å². The number of halogens is 1. The third-order valence-corrected chi connectivity index (χ3v) is 5.91. The second-order valence-electron chi connectivity index (χ2n) is 5.69. The minimum absolute atomic E-state index is 0.00773. The van der Waals surface area contributed by atoms with Gasteiger partial charge in [0, 0.05) is 5.88 Å². The first-order valence-corrected chi connectivity index (χ1v) is 9.68. The highest BCUT2D eigenvalue weighted by molar-refractivity contribution is 7.89. The number of sulfonamides is 1. The Morgan fingerprint density at radius 2 is 1.86 bits per heavy atom. The van der Waals surface area contributed by atoms with Crippen molar-refractivity contribution in [3.05, 3.63) is 30.3 Å². The fourth-order valence-corrected chi connectivity index (χ4v) is 4.31. The molecule has 0 aliphatic carbocycles. The van der Waals surface area contributed by atoms with Crippen molar-refractivity contribution >= 4 is 21.6 Å². The lowest BCUT2D eigenvalue weighted by Crippen LogP contribution is -2.55. The van der Waals surface area contributed by atoms with Crippen LogP contribution in [-0.2, 0) is 10.0 Å². The lowest BCUT2D eigenvalue weighted by atomic mass is 9.81. The molecule has 0 aliphatic heterocycles. The summed E-state index contributed by atoms with van der Waals surface area (Å²) in [6, 6.07) is 7.63. The number of rotatable bonds is 9. The van der Waals surface area contributed by atoms with Gasteiger partial charge in [-0.15, -0.1) is 11.6 Å². The number of hydrogen-bond acceptors (Lipinski definition) is 3. The van der Waals surface area contributed by atoms with Gasteiger partial charge in [0.1, 0.15) is 0 Å². The summed E-state index contributed by atoms with van der Waals surface area (Å²) in [6.07, 6.45) is 1.54. The average Bonchev–Trinajstić information content (AvgIpc) is 2.53. The van der Waals surface area contributed by atoms with Crippen LogP contribution in [0.2, 0.25) is 0 Å². The molecule has 0 fully saturated rings. The van der Waals surface area contributed by atoms with Crippen LogP contribution in [0.25, 0.3) is 0 Å². The molecule has 0 heterocycles. The molecule has 0 amide bonds. The molecule has 0 spiro atoms. The van der Waals surface area contributed by atoms with Gasteiger partial charge in [0.05, 0.1) is 16.5 Å². The van der Waals surface area contributed by atoms with E-state index in [0.29, 0.717) is 12.8 Å². The highest BCUT2D eigenvalue weighted by Gasteiger charge is 2.40. The van der Waals surface area contributed by atoms with E-state index in [0.717, 1.165) is 6.42 Å². The predicted molar refractivity (Wildman–Crippen MR) is 90.6 cm³/mol. The Bertz CT molecular complexity index is 550. The number of benzene rings is 1. The summed E-state index contributed by atoms with van der Waals surface area (Å²) in [5.41, 5.74) is -1.15. The van der Waals surface area contributed by atoms with Crippen LogP contribution in [0.5, 0.6) is 0 Å². The van der Waals surface area contributed by atoms with Crippen LogP contribution in [0.4, 0.5) is 0 Å². The Morgan fingerprint density at radius 3 is 2.32 bits per heavy atom. The molecule has 1 unspecified atom stereocenters. The molecular weight excluding hydrogens is 322 g/mol. The van der Waals surface area contributed by atoms with Crippen molar-refractivity contribution in [3.8, 4) is 0 Å². The summed E-state index contributed by atoms with van der Waals surface area (Å²) < 4.78 is 27.8. The summed E-state index contributed by atoms with van der Waals surface area (Å²) in [7, 11) is -3.68. The molecule has 0 radical (unpaired) electrons. The van der Waals surface area contributed by atoms with Crippen molar-refractivity contribution in [3.63, 3.8) is 0 Å². The quantitative estimate of drug-likeness (QED) is 0.674. The molecule has 22 heavy (non-hydrogen) atoms. The Balaban J connectivity index is 3.14. The average molecular weight is 348 g/mol. The fourth-order valence-electron chi connectivity index (χ4n) is 2.54. The normalized spacial score (nSPS) is 17.7. The molecule has 1 aromatic rings. The molecule has 126 valence electrons. The van der Waals surface area contributed by atoms with Crippen LogP contribution in [0, 0.1) is 5.92 Å². The summed E-state index contributed by atoms with van der Waals surface area (Å²) in [6.45, 7) is 5.76. The van der Waals surface area contributed by atoms with Crippen LogP contribution in [-0.4, -0.2) is 31.0 Å². The number of aliphatic hydroxyl groups is 1. The van der Waals surface area contributed by atoms with E-state index in [1.165, 1.54) is 0 Å². The molecule has 4 nitrogen and oxygen atoms in total. The van der Waals surface area contributed by atoms with E-state index in [9.17, 15) is 13.5 Å². The molecule has 0 aliphatic rings. The molecule has 0 saturated carbocycles. The van der Waals surface area contributed by atoms with Crippen LogP contribution >= 0.6 is 11.6 Å². The Kier molecular flexibility index (Phi) is 7.32. The van der Waals surface area contributed by atoms with Gasteiger partial charge in [-0.05, 0) is 30.9 Å². The first-order valence-electron chi connectivity index (χ1n) is 7.66. The van der Waals surface area contributed by atoms with E-state index in [1.807, 2.05) is 20.8 Å². The molecule has 3 atom stereocenters. The van der Waals surface area contributed by atoms with E-state index < -0.39 is 21.7 Å². The third-order valence-electron chi connectivity index (χ3n) is 4.27. The third kappa shape index (κ3) is 4.69. The Hall–Kier alpha value is -0.620. The first-order chi connectivity index (χ1) is 10.3. The monoisotopic (exact) mass is 347 g/mol. The van der Waals surface area contributed by atoms with Crippen molar-refractivity contribution in [2.75, 3.05) is 5.88 Å². The van der Waals surface area contributed by atoms with Gasteiger partial charge in [-0.25, -0.2) is 13.1 Å². The second kappa shape index (κ2) is 8.29. The van der Waals surface area contributed by atoms with Gasteiger partial charge < -0.3 is 5.11 Å². The zero-order valence-electron chi connectivity index (χ0n) is 13.4. The smallest absolute Gasteiger partial charge is 0.240 e. The van der Waals surface area contributed by atoms with Gasteiger partial charge in [0.15, 0.2) is 0 Å². The maximum absolute atomic E-state index is 12.6. The SMILES string of the molecule is CC[C@H](C)[C@H](NS(=O)(=O)c1ccccc1)C(O)(CC)CCCl. The standard InChI is InChI=1S/C16H26ClNO3S/c1-4-13(3)15(16(19,5-2)11-12-17)18-22(20,21)14-9-7-6-8-10-14/h6-10,13,15,18-19H,4-5,11-12H2,1-3H3/t13-,15-,16?/m0/s1. The predicted octanol–water partition coefficient (Wildman–Crippen LogP) is 3.15. The van der Waals surface area contributed by atoms with E-state index in [4.69, 9.17) is 11.6 Å². The van der Waals surface area contributed by atoms with Crippen molar-refractivity contribution in [2.45, 2.75) is 56.6 Å². The van der Waals surface area contributed by atoms with Crippen LogP contribution < -0.4 is 4.72 Å². The molecule has 6 heteroatoms. The van der Waals surface area contributed by atoms with Gasteiger partial charge in [-0.1, -0.05) is 45.4 Å². The second-order valence-corrected chi connectivity index (χ2v) is 7.79. The maximum atomic E-state index is 12.6. The highest BCUT2D eigenvalue weighted by atomic mass is 35.5. The van der Waals surface area contributed by atoms with Crippen molar-refractivity contribution in [2.24, 2.45) is 5.92 Å². The zero-order chi connectivity index (χ0) is 16.8. The summed E-state index contributed by atoms with van der Waals surface area (Å²) in [5, 5.41) is 10.9. The number of hydrogen-bond donors (Lipinski definition) is 2. The zero-order valence-corrected chi connectivity index (χ0v) is 15.0. The minimum Gasteiger partial charge on any atom is -0.388 e. The van der Waals surface area contributed by atoms with Crippen molar-refractivity contribution in [1.82, 2.24) is 4.72 Å². The fraction of sp³-hybridized carbons (Fsp3) is 0.625. The molecule has 0 saturated heterocycles. The van der Waals surface area contributed by atoms with Gasteiger partial charge in [0.2, 0.25) is 10.0 Å². The van der Waals surface area contributed by atoms with Crippen LogP contribution in [0.3, 0.4) is 0 Å². The lowest BCUT2D eigenvalue weighted by Gasteiger charge is -2.39. The number of nitrogens with one attached hydrogen (secondary N) is 1. The lowest BCUT2D eigenvalue weighted by molar-refractivity contribution is -0.0153. The van der Waals surface area contributed by atoms with E-state index in [-0.39, 0.29) is 16.7 Å². The van der Waals surface area contributed by atoms with Crippen molar-refractivity contribution in [1.29, 1.82) is 0 Å². The van der Waals surface area contributed by atoms with Crippen LogP contribution in [0.15, 0.2) is 35.2 Å². The minimum atomic E-state index is -3.68. The largest absolute Gasteiger partial charge is 0.388 e. The summed E-state index contributed by atoms with van der Waals surface area (Å²) >= 11 is 5.81. The summed E-state index contributed by atoms with van der Waals surface area (Å²) in [4.78, 5) is 0.202. The maximum Gasteiger partial charge on any atom is 0.240 e. The number of alkyl halides is 1. The van der Waals surface area contributed by atoms with E-state index in [1.54, 1.807) is 30.3 Å². The van der Waals surface area contributed by atoms with E-state index >= 15 is 0 Å². The molecular formula is C16H26ClNO3S. The molecule has 2 N–H and O–H groups in total. The Morgan fingerprint density at radius 1 is 1.27 bits per heavy atom. The Labute approximate surface area is 138 Å². The molecule has 1 aromatic carbocycles. The molecule has 1 rings (SSSR count). The highest BCUT2D eigenvalue weighted by Crippen LogP contribution is 2.28. The van der Waals surface area contributed by atoms with Crippen LogP contribution in [0.1, 0.15) is 40.0 Å². The molecule has 0 aromatic heterocycles. The topological polar surface area (TPSA) is 66.4 Å². The van der Waals surface area contributed by atoms with Gasteiger partial charge >= 0.3 is 0 Å². The first kappa shape index (κ1) is 19.4. The van der Waals surface area contributed by atoms with Gasteiger partial charge in [-0.2, -0.15) is 0 Å². The van der Waals surface area contributed by atoms with E-state index in [2.05, 4.69) is 4.72 Å². The van der Waals surface area contributed by atoms with Gasteiger partial charge in [0.25, 0.3) is 0 Å². The molecule has 0 bridgehead atoms. The summed E-state index contributed by atoms with van der Waals surface area (Å²) in [5.74, 6) is 0.274.